The van der Waals surface area contributed by atoms with Crippen LogP contribution in [-0.2, 0) is 0 Å². The molecule has 21 heavy (non-hydrogen) atoms. The highest BCUT2D eigenvalue weighted by Crippen LogP contribution is 2.37. The normalized spacial score (nSPS) is 25.3. The molecule has 2 aliphatic heterocycles. The monoisotopic (exact) mass is 308 g/mol. The van der Waals surface area contributed by atoms with E-state index in [0.29, 0.717) is 16.6 Å². The van der Waals surface area contributed by atoms with Crippen molar-refractivity contribution in [3.63, 3.8) is 0 Å². The molecule has 3 rings (SSSR count). The van der Waals surface area contributed by atoms with Crippen molar-refractivity contribution in [2.45, 2.75) is 37.4 Å². The smallest absolute Gasteiger partial charge is 0.231 e. The molecule has 0 amide bonds. The maximum Gasteiger partial charge on any atom is 0.231 e. The van der Waals surface area contributed by atoms with Gasteiger partial charge >= 0.3 is 0 Å². The van der Waals surface area contributed by atoms with E-state index in [1.165, 1.54) is 31.4 Å². The number of hydrogen-bond acceptors (Lipinski definition) is 7. The highest BCUT2D eigenvalue weighted by molar-refractivity contribution is 8.00. The maximum atomic E-state index is 4.60. The third-order valence-corrected chi connectivity index (χ3v) is 5.70. The van der Waals surface area contributed by atoms with E-state index < -0.39 is 0 Å². The second-order valence-corrected chi connectivity index (χ2v) is 7.66. The molecule has 1 aromatic rings. The van der Waals surface area contributed by atoms with E-state index in [2.05, 4.69) is 37.4 Å². The first-order chi connectivity index (χ1) is 10.2. The van der Waals surface area contributed by atoms with Crippen LogP contribution in [0, 0.1) is 0 Å². The van der Waals surface area contributed by atoms with Gasteiger partial charge in [0, 0.05) is 31.4 Å². The fourth-order valence-corrected chi connectivity index (χ4v) is 4.10. The molecule has 0 radical (unpaired) electrons. The molecule has 3 heterocycles. The van der Waals surface area contributed by atoms with E-state index in [1.54, 1.807) is 0 Å². The molecule has 2 aliphatic rings. The van der Waals surface area contributed by atoms with Crippen molar-refractivity contribution in [2.75, 3.05) is 48.0 Å². The minimum atomic E-state index is 0.306. The molecule has 116 valence electrons. The molecule has 2 fully saturated rings. The first-order valence-electron chi connectivity index (χ1n) is 7.75. The molecule has 1 aromatic heterocycles. The highest BCUT2D eigenvalue weighted by atomic mass is 32.2. The Balaban J connectivity index is 1.72. The van der Waals surface area contributed by atoms with Gasteiger partial charge < -0.3 is 15.5 Å². The van der Waals surface area contributed by atoms with Gasteiger partial charge in [0.25, 0.3) is 0 Å². The molecule has 0 aliphatic carbocycles. The Morgan fingerprint density at radius 2 is 1.90 bits per heavy atom. The van der Waals surface area contributed by atoms with E-state index >= 15 is 0 Å². The Kier molecular flexibility index (Phi) is 4.37. The van der Waals surface area contributed by atoms with Crippen LogP contribution in [0.1, 0.15) is 32.6 Å². The summed E-state index contributed by atoms with van der Waals surface area (Å²) in [5.74, 6) is 3.37. The molecule has 0 bridgehead atoms. The Morgan fingerprint density at radius 3 is 2.57 bits per heavy atom. The molecule has 2 N–H and O–H groups in total. The number of nitrogens with one attached hydrogen (secondary N) is 2. The molecular formula is C14H24N6S. The number of thioether (sulfide) groups is 1. The molecule has 0 saturated carbocycles. The summed E-state index contributed by atoms with van der Waals surface area (Å²) in [7, 11) is 1.85. The average Bonchev–Trinajstić information content (AvgIpc) is 3.17. The van der Waals surface area contributed by atoms with Crippen molar-refractivity contribution in [3.8, 4) is 0 Å². The lowest BCUT2D eigenvalue weighted by Crippen LogP contribution is -2.28. The lowest BCUT2D eigenvalue weighted by atomic mass is 10.1. The fraction of sp³-hybridized carbons (Fsp3) is 0.786. The molecule has 1 unspecified atom stereocenters. The predicted octanol–water partition coefficient (Wildman–Crippen LogP) is 2.21. The third-order valence-electron chi connectivity index (χ3n) is 4.16. The third kappa shape index (κ3) is 3.51. The number of anilines is 3. The van der Waals surface area contributed by atoms with Gasteiger partial charge in [-0.3, -0.25) is 0 Å². The van der Waals surface area contributed by atoms with Crippen molar-refractivity contribution >= 4 is 29.6 Å². The zero-order chi connectivity index (χ0) is 14.7. The van der Waals surface area contributed by atoms with Crippen LogP contribution in [0.4, 0.5) is 17.8 Å². The van der Waals surface area contributed by atoms with Gasteiger partial charge in [-0.15, -0.1) is 0 Å². The van der Waals surface area contributed by atoms with Gasteiger partial charge in [0.2, 0.25) is 17.8 Å². The van der Waals surface area contributed by atoms with E-state index in [4.69, 9.17) is 0 Å². The van der Waals surface area contributed by atoms with Crippen molar-refractivity contribution in [1.29, 1.82) is 0 Å². The summed E-state index contributed by atoms with van der Waals surface area (Å²) in [6, 6.07) is 0. The molecule has 0 aromatic carbocycles. The summed E-state index contributed by atoms with van der Waals surface area (Å²) in [5.41, 5.74) is 0. The van der Waals surface area contributed by atoms with E-state index in [0.717, 1.165) is 25.6 Å². The van der Waals surface area contributed by atoms with Crippen LogP contribution in [0.3, 0.4) is 0 Å². The first-order valence-corrected chi connectivity index (χ1v) is 8.74. The lowest BCUT2D eigenvalue weighted by Gasteiger charge is -2.23. The second kappa shape index (κ2) is 6.25. The van der Waals surface area contributed by atoms with Crippen molar-refractivity contribution < 1.29 is 0 Å². The molecule has 6 nitrogen and oxygen atoms in total. The topological polar surface area (TPSA) is 66.0 Å². The van der Waals surface area contributed by atoms with Gasteiger partial charge in [-0.1, -0.05) is 0 Å². The number of nitrogens with zero attached hydrogens (tertiary/aromatic N) is 4. The maximum absolute atomic E-state index is 4.60. The second-order valence-electron chi connectivity index (χ2n) is 5.98. The van der Waals surface area contributed by atoms with E-state index in [9.17, 15) is 0 Å². The molecular weight excluding hydrogens is 284 g/mol. The van der Waals surface area contributed by atoms with Gasteiger partial charge in [0.05, 0.1) is 0 Å². The zero-order valence-electron chi connectivity index (χ0n) is 12.9. The molecule has 2 saturated heterocycles. The summed E-state index contributed by atoms with van der Waals surface area (Å²) < 4.78 is 0.306. The number of hydrogen-bond donors (Lipinski definition) is 2. The predicted molar refractivity (Wildman–Crippen MR) is 89.4 cm³/mol. The van der Waals surface area contributed by atoms with E-state index in [1.807, 2.05) is 18.8 Å². The summed E-state index contributed by atoms with van der Waals surface area (Å²) >= 11 is 2.04. The van der Waals surface area contributed by atoms with Crippen LogP contribution in [0.2, 0.25) is 0 Å². The minimum absolute atomic E-state index is 0.306. The molecule has 0 spiro atoms. The van der Waals surface area contributed by atoms with E-state index in [-0.39, 0.29) is 0 Å². The summed E-state index contributed by atoms with van der Waals surface area (Å²) in [6.45, 7) is 5.31. The van der Waals surface area contributed by atoms with Crippen molar-refractivity contribution in [3.05, 3.63) is 0 Å². The molecule has 7 heteroatoms. The quantitative estimate of drug-likeness (QED) is 0.864. The Labute approximate surface area is 130 Å². The SMILES string of the molecule is CNc1nc(NCC2(C)CCCS2)nc(N2CCCC2)n1. The Bertz CT molecular complexity index is 482. The largest absolute Gasteiger partial charge is 0.357 e. The standard InChI is InChI=1S/C14H24N6S/c1-14(6-5-9-21-14)10-16-12-17-11(15-2)18-13(19-12)20-7-3-4-8-20/h3-10H2,1-2H3,(H2,15,16,17,18,19). The lowest BCUT2D eigenvalue weighted by molar-refractivity contribution is 0.632. The zero-order valence-corrected chi connectivity index (χ0v) is 13.7. The van der Waals surface area contributed by atoms with Gasteiger partial charge in [-0.05, 0) is 38.4 Å². The summed E-state index contributed by atoms with van der Waals surface area (Å²) in [4.78, 5) is 15.7. The van der Waals surface area contributed by atoms with Crippen LogP contribution >= 0.6 is 11.8 Å². The Morgan fingerprint density at radius 1 is 1.14 bits per heavy atom. The fourth-order valence-electron chi connectivity index (χ4n) is 2.86. The Hall–Kier alpha value is -1.24. The molecule has 1 atom stereocenters. The van der Waals surface area contributed by atoms with Gasteiger partial charge in [-0.25, -0.2) is 0 Å². The van der Waals surface area contributed by atoms with Crippen LogP contribution in [0.5, 0.6) is 0 Å². The summed E-state index contributed by atoms with van der Waals surface area (Å²) in [5, 5.41) is 6.45. The van der Waals surface area contributed by atoms with Crippen LogP contribution in [0.25, 0.3) is 0 Å². The van der Waals surface area contributed by atoms with Crippen LogP contribution in [-0.4, -0.2) is 52.1 Å². The number of rotatable bonds is 5. The average molecular weight is 308 g/mol. The van der Waals surface area contributed by atoms with Gasteiger partial charge in [0.15, 0.2) is 0 Å². The number of aromatic nitrogens is 3. The highest BCUT2D eigenvalue weighted by Gasteiger charge is 2.29. The first kappa shape index (κ1) is 14.7. The van der Waals surface area contributed by atoms with Crippen molar-refractivity contribution in [2.24, 2.45) is 0 Å². The van der Waals surface area contributed by atoms with Crippen LogP contribution in [0.15, 0.2) is 0 Å². The van der Waals surface area contributed by atoms with Crippen molar-refractivity contribution in [1.82, 2.24) is 15.0 Å². The van der Waals surface area contributed by atoms with Crippen LogP contribution < -0.4 is 15.5 Å². The summed E-state index contributed by atoms with van der Waals surface area (Å²) in [6.07, 6.45) is 5.00. The minimum Gasteiger partial charge on any atom is -0.357 e. The van der Waals surface area contributed by atoms with Gasteiger partial charge in [0.1, 0.15) is 0 Å². The van der Waals surface area contributed by atoms with Gasteiger partial charge in [-0.2, -0.15) is 26.7 Å².